The monoisotopic (exact) mass is 795 g/mol. The summed E-state index contributed by atoms with van der Waals surface area (Å²) in [5.41, 5.74) is 15.1. The minimum Gasteiger partial charge on any atom is -0.310 e. The van der Waals surface area contributed by atoms with Crippen molar-refractivity contribution in [1.29, 1.82) is 0 Å². The van der Waals surface area contributed by atoms with Gasteiger partial charge in [0.1, 0.15) is 0 Å². The highest BCUT2D eigenvalue weighted by atomic mass is 15.0. The average molecular weight is 796 g/mol. The zero-order valence-corrected chi connectivity index (χ0v) is 34.4. The summed E-state index contributed by atoms with van der Waals surface area (Å²) in [5, 5.41) is 3.62. The maximum Gasteiger partial charge on any atom is 0.164 e. The Labute approximate surface area is 360 Å². The predicted molar refractivity (Wildman–Crippen MR) is 258 cm³/mol. The van der Waals surface area contributed by atoms with Crippen LogP contribution >= 0.6 is 0 Å². The molecule has 5 nitrogen and oxygen atoms in total. The number of para-hydroxylation sites is 2. The first-order chi connectivity index (χ1) is 30.6. The SMILES string of the molecule is C/C=C\c1c(C)c2ccccc2n1-c1ccc2c3ccccc3n(-c3c(-c4ccccc4)cc(-c4nc(-c5ccccc5)nc(-c5ccccc5)n4)cc3-c3ccccc3)c2c1. The lowest BCUT2D eigenvalue weighted by Gasteiger charge is -2.21. The molecule has 294 valence electrons. The van der Waals surface area contributed by atoms with E-state index >= 15 is 0 Å². The Morgan fingerprint density at radius 3 is 1.35 bits per heavy atom. The van der Waals surface area contributed by atoms with E-state index in [-0.39, 0.29) is 0 Å². The lowest BCUT2D eigenvalue weighted by molar-refractivity contribution is 1.07. The fourth-order valence-corrected chi connectivity index (χ4v) is 9.01. The van der Waals surface area contributed by atoms with Gasteiger partial charge in [-0.15, -0.1) is 0 Å². The lowest BCUT2D eigenvalue weighted by atomic mass is 9.92. The van der Waals surface area contributed by atoms with Crippen LogP contribution in [0.1, 0.15) is 18.2 Å². The molecule has 0 saturated heterocycles. The zero-order valence-electron chi connectivity index (χ0n) is 34.4. The van der Waals surface area contributed by atoms with Crippen molar-refractivity contribution in [1.82, 2.24) is 24.1 Å². The van der Waals surface area contributed by atoms with E-state index in [1.807, 2.05) is 36.4 Å². The van der Waals surface area contributed by atoms with Gasteiger partial charge in [0.2, 0.25) is 0 Å². The third-order valence-electron chi connectivity index (χ3n) is 11.9. The third kappa shape index (κ3) is 6.30. The van der Waals surface area contributed by atoms with Crippen LogP contribution in [-0.2, 0) is 0 Å². The summed E-state index contributed by atoms with van der Waals surface area (Å²) in [6.07, 6.45) is 4.35. The second kappa shape index (κ2) is 15.5. The zero-order chi connectivity index (χ0) is 41.6. The Kier molecular flexibility index (Phi) is 9.20. The molecule has 0 radical (unpaired) electrons. The number of hydrogen-bond donors (Lipinski definition) is 0. The highest BCUT2D eigenvalue weighted by Crippen LogP contribution is 2.44. The first-order valence-corrected chi connectivity index (χ1v) is 21.1. The van der Waals surface area contributed by atoms with E-state index in [0.717, 1.165) is 61.4 Å². The van der Waals surface area contributed by atoms with Crippen molar-refractivity contribution in [3.05, 3.63) is 218 Å². The van der Waals surface area contributed by atoms with Gasteiger partial charge in [-0.25, -0.2) is 15.0 Å². The van der Waals surface area contributed by atoms with E-state index in [0.29, 0.717) is 17.5 Å². The molecule has 3 aromatic heterocycles. The van der Waals surface area contributed by atoms with Gasteiger partial charge in [-0.1, -0.05) is 170 Å². The first kappa shape index (κ1) is 36.9. The molecule has 0 aliphatic carbocycles. The van der Waals surface area contributed by atoms with Crippen LogP contribution < -0.4 is 0 Å². The van der Waals surface area contributed by atoms with Gasteiger partial charge in [0.15, 0.2) is 17.5 Å². The molecule has 0 amide bonds. The van der Waals surface area contributed by atoms with E-state index in [4.69, 9.17) is 15.0 Å². The Bertz CT molecular complexity index is 3340. The Hall–Kier alpha value is -8.15. The van der Waals surface area contributed by atoms with Crippen molar-refractivity contribution < 1.29 is 0 Å². The summed E-state index contributed by atoms with van der Waals surface area (Å²) in [7, 11) is 0. The molecule has 0 bridgehead atoms. The van der Waals surface area contributed by atoms with Gasteiger partial charge in [0, 0.05) is 55.4 Å². The van der Waals surface area contributed by atoms with Crippen molar-refractivity contribution in [3.8, 4) is 67.8 Å². The second-order valence-corrected chi connectivity index (χ2v) is 15.6. The van der Waals surface area contributed by atoms with Gasteiger partial charge < -0.3 is 9.13 Å². The molecular weight excluding hydrogens is 755 g/mol. The summed E-state index contributed by atoms with van der Waals surface area (Å²) in [6, 6.07) is 70.7. The van der Waals surface area contributed by atoms with Gasteiger partial charge in [-0.3, -0.25) is 0 Å². The Balaban J connectivity index is 1.25. The molecular formula is C57H41N5. The van der Waals surface area contributed by atoms with Gasteiger partial charge in [0.25, 0.3) is 0 Å². The molecule has 62 heavy (non-hydrogen) atoms. The van der Waals surface area contributed by atoms with Crippen LogP contribution in [0.2, 0.25) is 0 Å². The molecule has 0 spiro atoms. The van der Waals surface area contributed by atoms with Crippen molar-refractivity contribution in [2.75, 3.05) is 0 Å². The molecule has 0 atom stereocenters. The summed E-state index contributed by atoms with van der Waals surface area (Å²) < 4.78 is 4.88. The van der Waals surface area contributed by atoms with Gasteiger partial charge in [-0.2, -0.15) is 0 Å². The van der Waals surface area contributed by atoms with Gasteiger partial charge >= 0.3 is 0 Å². The van der Waals surface area contributed by atoms with Gasteiger partial charge in [-0.05, 0) is 73.0 Å². The molecule has 0 fully saturated rings. The summed E-state index contributed by atoms with van der Waals surface area (Å²) in [5.74, 6) is 1.86. The number of aromatic nitrogens is 5. The van der Waals surface area contributed by atoms with Crippen LogP contribution in [0, 0.1) is 6.92 Å². The van der Waals surface area contributed by atoms with E-state index in [1.54, 1.807) is 0 Å². The molecule has 0 aliphatic heterocycles. The van der Waals surface area contributed by atoms with Crippen LogP contribution in [0.4, 0.5) is 0 Å². The smallest absolute Gasteiger partial charge is 0.164 e. The number of fused-ring (bicyclic) bond motifs is 4. The number of hydrogen-bond acceptors (Lipinski definition) is 3. The van der Waals surface area contributed by atoms with Crippen molar-refractivity contribution in [2.45, 2.75) is 13.8 Å². The number of nitrogens with zero attached hydrogens (tertiary/aromatic N) is 5. The maximum atomic E-state index is 5.22. The molecule has 11 aromatic rings. The molecule has 0 aliphatic rings. The largest absolute Gasteiger partial charge is 0.310 e. The van der Waals surface area contributed by atoms with Crippen LogP contribution in [0.5, 0.6) is 0 Å². The first-order valence-electron chi connectivity index (χ1n) is 21.1. The number of benzene rings is 8. The fourth-order valence-electron chi connectivity index (χ4n) is 9.01. The third-order valence-corrected chi connectivity index (χ3v) is 11.9. The topological polar surface area (TPSA) is 48.5 Å². The van der Waals surface area contributed by atoms with Crippen molar-refractivity contribution in [2.24, 2.45) is 0 Å². The van der Waals surface area contributed by atoms with E-state index < -0.39 is 0 Å². The summed E-state index contributed by atoms with van der Waals surface area (Å²) >= 11 is 0. The van der Waals surface area contributed by atoms with Crippen LogP contribution in [-0.4, -0.2) is 24.1 Å². The Morgan fingerprint density at radius 2 is 0.823 bits per heavy atom. The fraction of sp³-hybridized carbons (Fsp3) is 0.0351. The van der Waals surface area contributed by atoms with E-state index in [2.05, 4.69) is 199 Å². The van der Waals surface area contributed by atoms with Gasteiger partial charge in [0.05, 0.1) is 22.2 Å². The average Bonchev–Trinajstić information content (AvgIpc) is 3.82. The number of rotatable bonds is 8. The number of allylic oxidation sites excluding steroid dienone is 1. The molecule has 11 rings (SSSR count). The number of aryl methyl sites for hydroxylation is 1. The predicted octanol–water partition coefficient (Wildman–Crippen LogP) is 14.6. The molecule has 3 heterocycles. The quantitative estimate of drug-likeness (QED) is 0.154. The van der Waals surface area contributed by atoms with Crippen LogP contribution in [0.3, 0.4) is 0 Å². The van der Waals surface area contributed by atoms with Crippen molar-refractivity contribution >= 4 is 38.8 Å². The highest BCUT2D eigenvalue weighted by molar-refractivity contribution is 6.11. The van der Waals surface area contributed by atoms with Crippen LogP contribution in [0.15, 0.2) is 206 Å². The summed E-state index contributed by atoms with van der Waals surface area (Å²) in [6.45, 7) is 4.31. The van der Waals surface area contributed by atoms with E-state index in [1.165, 1.54) is 32.9 Å². The van der Waals surface area contributed by atoms with E-state index in [9.17, 15) is 0 Å². The molecule has 0 unspecified atom stereocenters. The normalized spacial score (nSPS) is 11.6. The minimum absolute atomic E-state index is 0.606. The second-order valence-electron chi connectivity index (χ2n) is 15.6. The standard InChI is InChI=1S/C57H41N5/c1-3-20-50-38(2)45-29-16-18-31-51(45)61(50)44-33-34-47-46-30-17-19-32-52(46)62(53(47)37-44)54-48(39-21-8-4-9-22-39)35-43(36-49(54)40-23-10-5-11-24-40)57-59-55(41-25-12-6-13-26-41)58-56(60-57)42-27-14-7-15-28-42/h3-37H,1-2H3/b20-3-. The molecule has 8 aromatic carbocycles. The molecule has 5 heteroatoms. The Morgan fingerprint density at radius 1 is 0.387 bits per heavy atom. The highest BCUT2D eigenvalue weighted by Gasteiger charge is 2.24. The summed E-state index contributed by atoms with van der Waals surface area (Å²) in [4.78, 5) is 15.5. The maximum absolute atomic E-state index is 5.22. The lowest BCUT2D eigenvalue weighted by Crippen LogP contribution is -2.04. The van der Waals surface area contributed by atoms with Crippen molar-refractivity contribution in [3.63, 3.8) is 0 Å². The molecule has 0 saturated carbocycles. The van der Waals surface area contributed by atoms with Crippen LogP contribution in [0.25, 0.3) is 107 Å². The minimum atomic E-state index is 0.606. The molecule has 0 N–H and O–H groups in total.